The van der Waals surface area contributed by atoms with Gasteiger partial charge >= 0.3 is 0 Å². The lowest BCUT2D eigenvalue weighted by Crippen LogP contribution is -2.76. The number of ether oxygens (including phenoxy) is 1. The largest absolute Gasteiger partial charge is 0.872 e. The molecule has 0 amide bonds. The van der Waals surface area contributed by atoms with Gasteiger partial charge in [0.1, 0.15) is 0 Å². The van der Waals surface area contributed by atoms with E-state index in [1.165, 1.54) is 16.7 Å². The Morgan fingerprint density at radius 3 is 2.27 bits per heavy atom. The quantitative estimate of drug-likeness (QED) is 0.484. The molecule has 0 aromatic heterocycles. The monoisotopic (exact) mass is 441 g/mol. The third kappa shape index (κ3) is 2.75. The molecular weight excluding hydrogens is 412 g/mol. The number of rotatable bonds is 4. The van der Waals surface area contributed by atoms with Crippen LogP contribution < -0.4 is 5.11 Å². The summed E-state index contributed by atoms with van der Waals surface area (Å²) in [4.78, 5) is 12.1. The average Bonchev–Trinajstić information content (AvgIpc) is 2.99. The van der Waals surface area contributed by atoms with Crippen molar-refractivity contribution in [3.63, 3.8) is 0 Å². The fourth-order valence-electron chi connectivity index (χ4n) is 6.81. The molecule has 4 heteroatoms. The van der Waals surface area contributed by atoms with Crippen LogP contribution in [0.3, 0.4) is 0 Å². The number of hydrogen-bond donors (Lipinski definition) is 0. The van der Waals surface area contributed by atoms with Crippen LogP contribution in [0.1, 0.15) is 44.2 Å². The minimum absolute atomic E-state index is 0.0428. The summed E-state index contributed by atoms with van der Waals surface area (Å²) in [6.45, 7) is 5.05. The number of benzene rings is 3. The molecule has 2 heterocycles. The minimum Gasteiger partial charge on any atom is -0.872 e. The Labute approximate surface area is 195 Å². The second-order valence-corrected chi connectivity index (χ2v) is 10.5. The fourth-order valence-corrected chi connectivity index (χ4v) is 6.81. The molecule has 6 rings (SSSR count). The molecule has 0 bridgehead atoms. The molecule has 3 fully saturated rings. The molecule has 170 valence electrons. The zero-order valence-electron chi connectivity index (χ0n) is 19.2. The maximum atomic E-state index is 12.2. The summed E-state index contributed by atoms with van der Waals surface area (Å²) in [5.41, 5.74) is 3.38. The molecule has 4 nitrogen and oxygen atoms in total. The maximum absolute atomic E-state index is 12.2. The average molecular weight is 442 g/mol. The summed E-state index contributed by atoms with van der Waals surface area (Å²) in [6, 6.07) is 26.2. The van der Waals surface area contributed by atoms with E-state index in [9.17, 15) is 5.11 Å². The molecule has 33 heavy (non-hydrogen) atoms. The molecule has 0 radical (unpaired) electrons. The van der Waals surface area contributed by atoms with E-state index in [-0.39, 0.29) is 16.6 Å². The highest BCUT2D eigenvalue weighted by atomic mass is 17.3. The van der Waals surface area contributed by atoms with Gasteiger partial charge in [-0.3, -0.25) is 0 Å². The van der Waals surface area contributed by atoms with E-state index < -0.39 is 11.4 Å². The first kappa shape index (κ1) is 20.9. The van der Waals surface area contributed by atoms with Crippen molar-refractivity contribution in [1.82, 2.24) is 0 Å². The molecule has 0 N–H and O–H groups in total. The van der Waals surface area contributed by atoms with Crippen molar-refractivity contribution < 1.29 is 19.6 Å². The zero-order valence-corrected chi connectivity index (χ0v) is 19.2. The van der Waals surface area contributed by atoms with Crippen molar-refractivity contribution in [3.05, 3.63) is 90.0 Å². The zero-order chi connectivity index (χ0) is 22.7. The van der Waals surface area contributed by atoms with Gasteiger partial charge < -0.3 is 9.84 Å². The summed E-state index contributed by atoms with van der Waals surface area (Å²) in [5.74, 6) is -1.08. The van der Waals surface area contributed by atoms with Crippen LogP contribution in [0.15, 0.2) is 78.9 Å². The van der Waals surface area contributed by atoms with Gasteiger partial charge in [-0.15, -0.1) is 5.75 Å². The second-order valence-electron chi connectivity index (χ2n) is 10.5. The summed E-state index contributed by atoms with van der Waals surface area (Å²) >= 11 is 0. The van der Waals surface area contributed by atoms with E-state index in [0.717, 1.165) is 31.2 Å². The first-order valence-electron chi connectivity index (χ1n) is 11.8. The third-order valence-electron chi connectivity index (χ3n) is 8.27. The molecule has 1 spiro atoms. The lowest BCUT2D eigenvalue weighted by Gasteiger charge is -2.65. The topological polar surface area (TPSA) is 50.8 Å². The Bertz CT molecular complexity index is 1170. The van der Waals surface area contributed by atoms with Crippen LogP contribution in [0.2, 0.25) is 0 Å². The van der Waals surface area contributed by atoms with Crippen molar-refractivity contribution >= 4 is 0 Å². The van der Waals surface area contributed by atoms with Crippen LogP contribution in [0, 0.1) is 10.8 Å². The Morgan fingerprint density at radius 1 is 0.818 bits per heavy atom. The van der Waals surface area contributed by atoms with E-state index in [4.69, 9.17) is 14.5 Å². The number of hydrogen-bond acceptors (Lipinski definition) is 4. The van der Waals surface area contributed by atoms with Crippen LogP contribution >= 0.6 is 0 Å². The Kier molecular flexibility index (Phi) is 4.54. The SMILES string of the molecule is CC1(C)CCC[C@@]2(Cc3ccc(-c4ccccc4)cc3)CO[C@@]3(c4cccc([O-])c4)OO[C@@]123. The first-order chi connectivity index (χ1) is 15.9. The van der Waals surface area contributed by atoms with Gasteiger partial charge in [-0.2, -0.15) is 4.89 Å². The smallest absolute Gasteiger partial charge is 0.261 e. The van der Waals surface area contributed by atoms with Gasteiger partial charge in [-0.25, -0.2) is 4.89 Å². The molecular formula is C29H29O4-. The molecule has 3 aromatic rings. The Balaban J connectivity index is 1.40. The van der Waals surface area contributed by atoms with Gasteiger partial charge in [0, 0.05) is 16.4 Å². The van der Waals surface area contributed by atoms with Crippen LogP contribution in [0.4, 0.5) is 0 Å². The third-order valence-corrected chi connectivity index (χ3v) is 8.27. The summed E-state index contributed by atoms with van der Waals surface area (Å²) in [5, 5.41) is 12.2. The minimum atomic E-state index is -1.04. The van der Waals surface area contributed by atoms with Crippen LogP contribution in [-0.4, -0.2) is 12.2 Å². The fraction of sp³-hybridized carbons (Fsp3) is 0.379. The predicted molar refractivity (Wildman–Crippen MR) is 124 cm³/mol. The maximum Gasteiger partial charge on any atom is 0.261 e. The van der Waals surface area contributed by atoms with Crippen LogP contribution in [0.25, 0.3) is 11.1 Å². The summed E-state index contributed by atoms with van der Waals surface area (Å²) in [7, 11) is 0. The second kappa shape index (κ2) is 7.17. The lowest BCUT2D eigenvalue weighted by atomic mass is 9.48. The van der Waals surface area contributed by atoms with Gasteiger partial charge in [0.25, 0.3) is 5.79 Å². The summed E-state index contributed by atoms with van der Waals surface area (Å²) < 4.78 is 6.54. The normalized spacial score (nSPS) is 31.9. The predicted octanol–water partition coefficient (Wildman–Crippen LogP) is 5.75. The van der Waals surface area contributed by atoms with Gasteiger partial charge in [0.15, 0.2) is 5.60 Å². The van der Waals surface area contributed by atoms with Crippen LogP contribution in [0.5, 0.6) is 5.75 Å². The highest BCUT2D eigenvalue weighted by Crippen LogP contribution is 2.74. The molecule has 3 atom stereocenters. The van der Waals surface area contributed by atoms with E-state index in [1.54, 1.807) is 18.2 Å². The molecule has 2 aliphatic heterocycles. The molecule has 3 aliphatic rings. The highest BCUT2D eigenvalue weighted by molar-refractivity contribution is 5.63. The molecule has 1 saturated carbocycles. The Hall–Kier alpha value is -2.66. The first-order valence-corrected chi connectivity index (χ1v) is 11.8. The van der Waals surface area contributed by atoms with Gasteiger partial charge in [-0.05, 0) is 36.0 Å². The van der Waals surface area contributed by atoms with E-state index in [0.29, 0.717) is 6.61 Å². The lowest BCUT2D eigenvalue weighted by molar-refractivity contribution is -0.631. The van der Waals surface area contributed by atoms with Crippen molar-refractivity contribution in [2.24, 2.45) is 10.8 Å². The van der Waals surface area contributed by atoms with Gasteiger partial charge in [0.2, 0.25) is 0 Å². The van der Waals surface area contributed by atoms with Crippen LogP contribution in [-0.2, 0) is 26.7 Å². The standard InChI is InChI=1S/C29H30O4/c1-26(2)16-7-17-27(19-21-12-14-23(15-13-21)22-8-4-3-5-9-22)20-31-28(29(26,27)33-32-28)24-10-6-11-25(30)18-24/h3-6,8-15,18,30H,7,16-17,19-20H2,1-2H3/p-1/t27-,28+,29+/m1/s1. The van der Waals surface area contributed by atoms with Gasteiger partial charge in [-0.1, -0.05) is 99.1 Å². The van der Waals surface area contributed by atoms with E-state index >= 15 is 0 Å². The van der Waals surface area contributed by atoms with Crippen molar-refractivity contribution in [1.29, 1.82) is 0 Å². The van der Waals surface area contributed by atoms with Crippen molar-refractivity contribution in [2.45, 2.75) is 50.9 Å². The molecule has 2 saturated heterocycles. The van der Waals surface area contributed by atoms with E-state index in [1.807, 2.05) is 12.1 Å². The molecule has 1 aliphatic carbocycles. The van der Waals surface area contributed by atoms with Crippen molar-refractivity contribution in [2.75, 3.05) is 6.61 Å². The van der Waals surface area contributed by atoms with E-state index in [2.05, 4.69) is 62.4 Å². The highest BCUT2D eigenvalue weighted by Gasteiger charge is 2.84. The molecule has 3 aromatic carbocycles. The van der Waals surface area contributed by atoms with Crippen molar-refractivity contribution in [3.8, 4) is 16.9 Å². The Morgan fingerprint density at radius 2 is 1.58 bits per heavy atom. The van der Waals surface area contributed by atoms with Gasteiger partial charge in [0.05, 0.1) is 6.61 Å². The molecule has 0 unspecified atom stereocenters. The summed E-state index contributed by atoms with van der Waals surface area (Å²) in [6.07, 6.45) is 3.97.